The number of rotatable bonds is 15. The summed E-state index contributed by atoms with van der Waals surface area (Å²) in [5, 5.41) is 142. The number of hydrogen-bond donors (Lipinski definition) is 14. The van der Waals surface area contributed by atoms with E-state index in [-0.39, 0.29) is 31.4 Å². The summed E-state index contributed by atoms with van der Waals surface area (Å²) in [5.74, 6) is -6.79. The van der Waals surface area contributed by atoms with Crippen molar-refractivity contribution in [3.8, 4) is 0 Å². The van der Waals surface area contributed by atoms with E-state index >= 15 is 0 Å². The Morgan fingerprint density at radius 3 is 1.92 bits per heavy atom. The number of methoxy groups -OCH3 is 1. The van der Waals surface area contributed by atoms with Crippen LogP contribution in [-0.4, -0.2) is 268 Å². The third kappa shape index (κ3) is 16.0. The fourth-order valence-electron chi connectivity index (χ4n) is 10.5. The number of carboxylic acids is 1. The molecule has 0 bridgehead atoms. The molecule has 26 nitrogen and oxygen atoms in total. The normalized spacial score (nSPS) is 45.3. The minimum absolute atomic E-state index is 0.0936. The molecule has 0 saturated carbocycles. The molecule has 4 rings (SSSR count). The molecule has 0 amide bonds. The van der Waals surface area contributed by atoms with Gasteiger partial charge in [0.25, 0.3) is 0 Å². The summed E-state index contributed by atoms with van der Waals surface area (Å²) in [6.07, 6.45) is -26.1. The smallest absolute Gasteiger partial charge is 0.335 e. The summed E-state index contributed by atoms with van der Waals surface area (Å²) in [4.78, 5) is 40.2. The molecule has 4 fully saturated rings. The first-order valence-electron chi connectivity index (χ1n) is 25.5. The number of aliphatic hydroxyl groups excluding tert-OH is 11. The second-order valence-electron chi connectivity index (χ2n) is 21.8. The van der Waals surface area contributed by atoms with Crippen molar-refractivity contribution in [2.24, 2.45) is 23.7 Å². The lowest BCUT2D eigenvalue weighted by Crippen LogP contribution is -2.61. The molecule has 0 aromatic rings. The Kier molecular flexibility index (Phi) is 24.8. The predicted molar refractivity (Wildman–Crippen MR) is 258 cm³/mol. The maximum Gasteiger partial charge on any atom is 0.335 e. The predicted octanol–water partition coefficient (Wildman–Crippen LogP) is -3.88. The molecule has 4 heterocycles. The molecular weight excluding hydrogens is 1000 g/mol. The number of nitrogens with zero attached hydrogens (tertiary/aromatic N) is 1. The van der Waals surface area contributed by atoms with Crippen molar-refractivity contribution >= 4 is 17.7 Å². The number of carboxylic acid groups (broad SMARTS) is 1. The Hall–Kier alpha value is -2.23. The van der Waals surface area contributed by atoms with Crippen LogP contribution in [0.1, 0.15) is 94.9 Å². The summed E-state index contributed by atoms with van der Waals surface area (Å²) in [6, 6.07) is -0.324. The summed E-state index contributed by atoms with van der Waals surface area (Å²) in [6.45, 7) is 14.9. The molecule has 0 aromatic heterocycles. The van der Waals surface area contributed by atoms with Gasteiger partial charge >= 0.3 is 11.9 Å². The second kappa shape index (κ2) is 27.8. The lowest BCUT2D eigenvalue weighted by molar-refractivity contribution is -0.318. The van der Waals surface area contributed by atoms with Gasteiger partial charge in [-0.25, -0.2) is 4.79 Å². The van der Waals surface area contributed by atoms with Gasteiger partial charge in [0.2, 0.25) is 0 Å². The molecule has 0 aliphatic carbocycles. The molecular formula is C49H89NO25. The second-order valence-corrected chi connectivity index (χ2v) is 21.8. The highest BCUT2D eigenvalue weighted by Gasteiger charge is 2.54. The number of carbonyl (C=O) groups excluding carboxylic acids is 2. The van der Waals surface area contributed by atoms with Gasteiger partial charge in [-0.3, -0.25) is 9.59 Å². The van der Waals surface area contributed by atoms with Crippen molar-refractivity contribution < 1.29 is 124 Å². The number of likely N-dealkylation sites (N-methyl/N-ethyl adjacent to an activating group) is 1. The van der Waals surface area contributed by atoms with E-state index in [1.807, 2.05) is 25.9 Å². The van der Waals surface area contributed by atoms with E-state index < -0.39 is 182 Å². The third-order valence-electron chi connectivity index (χ3n) is 15.4. The van der Waals surface area contributed by atoms with E-state index in [1.165, 1.54) is 27.9 Å². The number of ether oxygens (including phenoxy) is 8. The minimum Gasteiger partial charge on any atom is -0.479 e. The van der Waals surface area contributed by atoms with Crippen LogP contribution in [0.5, 0.6) is 0 Å². The van der Waals surface area contributed by atoms with Gasteiger partial charge in [-0.15, -0.1) is 0 Å². The first-order valence-corrected chi connectivity index (χ1v) is 25.5. The molecule has 4 saturated heterocycles. The zero-order valence-electron chi connectivity index (χ0n) is 45.3. The molecule has 75 heavy (non-hydrogen) atoms. The van der Waals surface area contributed by atoms with Crippen molar-refractivity contribution in [1.29, 1.82) is 0 Å². The highest BCUT2D eigenvalue weighted by atomic mass is 16.7. The molecule has 0 spiro atoms. The number of aliphatic hydroxyl groups is 13. The monoisotopic (exact) mass is 1090 g/mol. The Morgan fingerprint density at radius 2 is 1.39 bits per heavy atom. The van der Waals surface area contributed by atoms with Gasteiger partial charge < -0.3 is 114 Å². The molecule has 4 aliphatic heterocycles. The van der Waals surface area contributed by atoms with E-state index in [1.54, 1.807) is 41.5 Å². The number of Topliss-reactive ketones (excluding diaryl/α,β-unsaturated/α-hetero) is 1. The Balaban J connectivity index is 0.000000516. The lowest BCUT2D eigenvalue weighted by atomic mass is 9.74. The van der Waals surface area contributed by atoms with E-state index in [4.69, 9.17) is 53.2 Å². The number of esters is 1. The maximum absolute atomic E-state index is 14.1. The third-order valence-corrected chi connectivity index (χ3v) is 15.4. The molecule has 440 valence electrons. The summed E-state index contributed by atoms with van der Waals surface area (Å²) in [7, 11) is 5.18. The van der Waals surface area contributed by atoms with E-state index in [0.29, 0.717) is 6.42 Å². The Bertz CT molecular complexity index is 1790. The fraction of sp³-hybridized carbons (Fsp3) is 0.939. The summed E-state index contributed by atoms with van der Waals surface area (Å²) >= 11 is 0. The van der Waals surface area contributed by atoms with Crippen LogP contribution < -0.4 is 0 Å². The Labute approximate surface area is 438 Å². The lowest BCUT2D eigenvalue weighted by Gasteiger charge is -2.49. The number of carbonyl (C=O) groups is 3. The van der Waals surface area contributed by atoms with E-state index in [9.17, 15) is 70.6 Å². The number of cyclic esters (lactones) is 1. The largest absolute Gasteiger partial charge is 0.479 e. The molecule has 0 unspecified atom stereocenters. The summed E-state index contributed by atoms with van der Waals surface area (Å²) < 4.78 is 46.9. The van der Waals surface area contributed by atoms with Crippen LogP contribution in [0.4, 0.5) is 0 Å². The van der Waals surface area contributed by atoms with Crippen molar-refractivity contribution in [2.45, 2.75) is 234 Å². The Morgan fingerprint density at radius 1 is 0.787 bits per heavy atom. The maximum atomic E-state index is 14.1. The van der Waals surface area contributed by atoms with Crippen LogP contribution >= 0.6 is 0 Å². The van der Waals surface area contributed by atoms with Gasteiger partial charge in [-0.2, -0.15) is 0 Å². The van der Waals surface area contributed by atoms with Crippen molar-refractivity contribution in [3.63, 3.8) is 0 Å². The molecule has 26 heteroatoms. The van der Waals surface area contributed by atoms with E-state index in [0.717, 1.165) is 0 Å². The van der Waals surface area contributed by atoms with Crippen molar-refractivity contribution in [3.05, 3.63) is 0 Å². The SMILES string of the molecule is CC[C@H]1OC(=O)[C@H](C)[C@@H](O[C@H]2C[C@@](C)(OC)[C@@H](O)[C@H](C)O2)[C@H](C)[C@@H](O[C@@H]2O[C@H](C)C[C@H](N(C)C)[C@H]2O)[C@](C)(O)C[C@@H](C)C(=O)[C@H](C)[C@@H](O)[C@]1(C)O.O=C(O)[C@H](O)[C@@H](O)[C@H](O)[C@H](O)CO[C@H]1O[C@H](CO)[C@H](O)[C@H](O)[C@H]1O. The van der Waals surface area contributed by atoms with E-state index in [2.05, 4.69) is 0 Å². The standard InChI is InChI=1S/C37H67NO13.C12H22O12/c1-14-25-37(10,45)30(41)20(4)27(39)18(2)16-35(8,44)32(51-34-28(40)24(38(11)12)15-19(3)47-34)21(5)29(22(6)33(43)49-25)50-26-17-36(9,46-13)31(42)23(7)48-26;13-1-4-6(16)8(18)10(20)12(24-4)23-2-3(14)5(15)7(17)9(19)11(21)22/h18-26,28-32,34,40-42,44-45H,14-17H2,1-13H3;3-10,12-20H,1-2H2,(H,21,22)/t18-,19-,20+,21+,22-,23+,24+,25-,26+,28-,29+,30-,31+,32-,34+,35-,36-,37-;3-,4-,5-,6+,7+,8+,9-,10-,12+/m11/s1. The quantitative estimate of drug-likeness (QED) is 0.0698. The molecule has 4 aliphatic rings. The molecule has 27 atom stereocenters. The van der Waals surface area contributed by atoms with Gasteiger partial charge in [0.15, 0.2) is 25.0 Å². The minimum atomic E-state index is -2.35. The van der Waals surface area contributed by atoms with Gasteiger partial charge in [0.1, 0.15) is 72.4 Å². The summed E-state index contributed by atoms with van der Waals surface area (Å²) in [5.41, 5.74) is -4.84. The van der Waals surface area contributed by atoms with Gasteiger partial charge in [0.05, 0.1) is 60.9 Å². The van der Waals surface area contributed by atoms with Gasteiger partial charge in [0, 0.05) is 37.3 Å². The van der Waals surface area contributed by atoms with Crippen molar-refractivity contribution in [1.82, 2.24) is 4.90 Å². The highest BCUT2D eigenvalue weighted by Crippen LogP contribution is 2.41. The van der Waals surface area contributed by atoms with Crippen LogP contribution in [0.15, 0.2) is 0 Å². The average Bonchev–Trinajstić information content (AvgIpc) is 3.35. The first-order chi connectivity index (χ1) is 34.5. The highest BCUT2D eigenvalue weighted by molar-refractivity contribution is 5.83. The van der Waals surface area contributed by atoms with Crippen LogP contribution in [0.25, 0.3) is 0 Å². The first kappa shape index (κ1) is 67.0. The average molecular weight is 1090 g/mol. The van der Waals surface area contributed by atoms with Crippen LogP contribution in [0.3, 0.4) is 0 Å². The molecule has 14 N–H and O–H groups in total. The topological polar surface area (TPSA) is 412 Å². The number of hydrogen-bond acceptors (Lipinski definition) is 25. The molecule has 0 aromatic carbocycles. The van der Waals surface area contributed by atoms with Gasteiger partial charge in [-0.05, 0) is 74.9 Å². The van der Waals surface area contributed by atoms with Crippen LogP contribution in [0, 0.1) is 23.7 Å². The number of ketones is 1. The van der Waals surface area contributed by atoms with Crippen LogP contribution in [0.2, 0.25) is 0 Å². The van der Waals surface area contributed by atoms with Crippen LogP contribution in [-0.2, 0) is 52.3 Å². The zero-order chi connectivity index (χ0) is 57.6. The molecule has 0 radical (unpaired) electrons. The van der Waals surface area contributed by atoms with Crippen molar-refractivity contribution in [2.75, 3.05) is 34.4 Å². The fourth-order valence-corrected chi connectivity index (χ4v) is 10.5. The van der Waals surface area contributed by atoms with Gasteiger partial charge in [-0.1, -0.05) is 27.7 Å². The zero-order valence-corrected chi connectivity index (χ0v) is 45.3. The number of aliphatic carboxylic acids is 1.